The summed E-state index contributed by atoms with van der Waals surface area (Å²) in [6.45, 7) is 16.6. The van der Waals surface area contributed by atoms with Crippen LogP contribution in [0.4, 0.5) is 0 Å². The minimum Gasteiger partial charge on any atom is -0.416 e. The zero-order valence-electron chi connectivity index (χ0n) is 21.3. The Balaban J connectivity index is 1.93. The van der Waals surface area contributed by atoms with Gasteiger partial charge in [0.2, 0.25) is 0 Å². The average Bonchev–Trinajstić information content (AvgIpc) is 2.79. The number of nitrogens with zero attached hydrogens (tertiary/aromatic N) is 1. The fourth-order valence-electron chi connectivity index (χ4n) is 4.09. The molecular formula is C30H41NOSi. The van der Waals surface area contributed by atoms with Crippen molar-refractivity contribution in [1.82, 2.24) is 4.90 Å². The Morgan fingerprint density at radius 1 is 0.727 bits per heavy atom. The van der Waals surface area contributed by atoms with Gasteiger partial charge in [0.1, 0.15) is 0 Å². The molecule has 0 spiro atoms. The minimum absolute atomic E-state index is 0.211. The largest absolute Gasteiger partial charge is 0.416 e. The molecule has 3 aromatic rings. The number of benzene rings is 3. The smallest absolute Gasteiger partial charge is 0.191 e. The molecule has 3 rings (SSSR count). The van der Waals surface area contributed by atoms with Crippen LogP contribution in [0.15, 0.2) is 91.0 Å². The topological polar surface area (TPSA) is 12.5 Å². The number of rotatable bonds is 10. The quantitative estimate of drug-likeness (QED) is 0.284. The van der Waals surface area contributed by atoms with Gasteiger partial charge in [-0.05, 0) is 40.7 Å². The maximum atomic E-state index is 6.72. The number of hydrogen-bond acceptors (Lipinski definition) is 2. The standard InChI is InChI=1S/C30H41NOSi/c1-25(24-32-33(5,6)30(2,3)4)29(28-20-14-9-15-21-28)31(22-26-16-10-7-11-17-26)23-27-18-12-8-13-19-27/h7-21,25,29H,22-24H2,1-6H3/t25?,29-/m0/s1. The highest BCUT2D eigenvalue weighted by molar-refractivity contribution is 6.74. The third-order valence-corrected chi connectivity index (χ3v) is 11.5. The highest BCUT2D eigenvalue weighted by Crippen LogP contribution is 2.38. The average molecular weight is 460 g/mol. The first-order chi connectivity index (χ1) is 15.7. The van der Waals surface area contributed by atoms with Crippen LogP contribution in [0.3, 0.4) is 0 Å². The van der Waals surface area contributed by atoms with E-state index in [9.17, 15) is 0 Å². The van der Waals surface area contributed by atoms with Gasteiger partial charge in [-0.3, -0.25) is 4.90 Å². The van der Waals surface area contributed by atoms with Crippen LogP contribution in [0.1, 0.15) is 50.4 Å². The van der Waals surface area contributed by atoms with E-state index in [1.54, 1.807) is 0 Å². The Labute approximate surface area is 202 Å². The lowest BCUT2D eigenvalue weighted by molar-refractivity contribution is 0.0957. The zero-order chi connectivity index (χ0) is 23.9. The van der Waals surface area contributed by atoms with E-state index in [-0.39, 0.29) is 11.1 Å². The Morgan fingerprint density at radius 2 is 1.15 bits per heavy atom. The van der Waals surface area contributed by atoms with Crippen molar-refractivity contribution in [3.05, 3.63) is 108 Å². The first-order valence-electron chi connectivity index (χ1n) is 12.2. The van der Waals surface area contributed by atoms with E-state index in [2.05, 4.69) is 137 Å². The van der Waals surface area contributed by atoms with E-state index in [1.807, 2.05) is 0 Å². The molecule has 0 radical (unpaired) electrons. The Hall–Kier alpha value is -2.20. The summed E-state index contributed by atoms with van der Waals surface area (Å²) < 4.78 is 6.72. The van der Waals surface area contributed by atoms with Gasteiger partial charge in [-0.1, -0.05) is 119 Å². The van der Waals surface area contributed by atoms with Crippen molar-refractivity contribution in [3.63, 3.8) is 0 Å². The first kappa shape index (κ1) is 25.4. The first-order valence-corrected chi connectivity index (χ1v) is 15.1. The molecular weight excluding hydrogens is 418 g/mol. The summed E-state index contributed by atoms with van der Waals surface area (Å²) in [5.41, 5.74) is 4.04. The van der Waals surface area contributed by atoms with Crippen LogP contribution in [-0.2, 0) is 17.5 Å². The van der Waals surface area contributed by atoms with Gasteiger partial charge in [0.25, 0.3) is 0 Å². The van der Waals surface area contributed by atoms with Crippen LogP contribution >= 0.6 is 0 Å². The van der Waals surface area contributed by atoms with Crippen molar-refractivity contribution in [3.8, 4) is 0 Å². The fourth-order valence-corrected chi connectivity index (χ4v) is 5.20. The lowest BCUT2D eigenvalue weighted by Gasteiger charge is -2.40. The molecule has 176 valence electrons. The third kappa shape index (κ3) is 7.14. The predicted octanol–water partition coefficient (Wildman–Crippen LogP) is 8.09. The van der Waals surface area contributed by atoms with E-state index in [1.165, 1.54) is 16.7 Å². The second kappa shape index (κ2) is 11.3. The maximum Gasteiger partial charge on any atom is 0.191 e. The second-order valence-electron chi connectivity index (χ2n) is 10.8. The molecule has 0 N–H and O–H groups in total. The summed E-state index contributed by atoms with van der Waals surface area (Å²) in [6, 6.07) is 32.9. The molecule has 0 aliphatic rings. The SMILES string of the molecule is CC(CO[Si](C)(C)C(C)(C)C)[C@@H](c1ccccc1)N(Cc1ccccc1)Cc1ccccc1. The summed E-state index contributed by atoms with van der Waals surface area (Å²) >= 11 is 0. The van der Waals surface area contributed by atoms with Crippen molar-refractivity contribution in [1.29, 1.82) is 0 Å². The van der Waals surface area contributed by atoms with Crippen LogP contribution < -0.4 is 0 Å². The summed E-state index contributed by atoms with van der Waals surface area (Å²) in [4.78, 5) is 2.62. The van der Waals surface area contributed by atoms with Gasteiger partial charge in [0.15, 0.2) is 8.32 Å². The fraction of sp³-hybridized carbons (Fsp3) is 0.400. The van der Waals surface area contributed by atoms with Gasteiger partial charge in [-0.2, -0.15) is 0 Å². The van der Waals surface area contributed by atoms with E-state index in [0.717, 1.165) is 19.7 Å². The summed E-state index contributed by atoms with van der Waals surface area (Å²) in [5, 5.41) is 0.211. The van der Waals surface area contributed by atoms with E-state index < -0.39 is 8.32 Å². The van der Waals surface area contributed by atoms with Gasteiger partial charge in [0, 0.05) is 25.7 Å². The molecule has 0 aliphatic heterocycles. The molecule has 0 heterocycles. The van der Waals surface area contributed by atoms with E-state index in [4.69, 9.17) is 4.43 Å². The van der Waals surface area contributed by atoms with Crippen LogP contribution in [-0.4, -0.2) is 19.8 Å². The van der Waals surface area contributed by atoms with Gasteiger partial charge >= 0.3 is 0 Å². The lowest BCUT2D eigenvalue weighted by atomic mass is 9.92. The molecule has 2 nitrogen and oxygen atoms in total. The van der Waals surface area contributed by atoms with Crippen LogP contribution in [0.5, 0.6) is 0 Å². The summed E-state index contributed by atoms with van der Waals surface area (Å²) in [5.74, 6) is 0.356. The van der Waals surface area contributed by atoms with Gasteiger partial charge in [-0.25, -0.2) is 0 Å². The number of hydrogen-bond donors (Lipinski definition) is 0. The molecule has 2 atom stereocenters. The second-order valence-corrected chi connectivity index (χ2v) is 15.6. The highest BCUT2D eigenvalue weighted by atomic mass is 28.4. The molecule has 0 aromatic heterocycles. The van der Waals surface area contributed by atoms with Crippen LogP contribution in [0.2, 0.25) is 18.1 Å². The Morgan fingerprint density at radius 3 is 1.58 bits per heavy atom. The van der Waals surface area contributed by atoms with Crippen molar-refractivity contribution in [2.75, 3.05) is 6.61 Å². The molecule has 0 bridgehead atoms. The molecule has 3 heteroatoms. The molecule has 0 aliphatic carbocycles. The predicted molar refractivity (Wildman–Crippen MR) is 144 cm³/mol. The Bertz CT molecular complexity index is 909. The molecule has 0 saturated heterocycles. The van der Waals surface area contributed by atoms with Crippen molar-refractivity contribution in [2.45, 2.75) is 65.0 Å². The molecule has 33 heavy (non-hydrogen) atoms. The van der Waals surface area contributed by atoms with Crippen LogP contribution in [0, 0.1) is 5.92 Å². The molecule has 1 unspecified atom stereocenters. The van der Waals surface area contributed by atoms with Gasteiger partial charge in [0.05, 0.1) is 0 Å². The zero-order valence-corrected chi connectivity index (χ0v) is 22.3. The third-order valence-electron chi connectivity index (χ3n) is 7.04. The summed E-state index contributed by atoms with van der Waals surface area (Å²) in [7, 11) is -1.82. The lowest BCUT2D eigenvalue weighted by Crippen LogP contribution is -2.43. The molecule has 0 saturated carbocycles. The van der Waals surface area contributed by atoms with E-state index in [0.29, 0.717) is 5.92 Å². The van der Waals surface area contributed by atoms with Gasteiger partial charge < -0.3 is 4.43 Å². The summed E-state index contributed by atoms with van der Waals surface area (Å²) in [6.07, 6.45) is 0. The monoisotopic (exact) mass is 459 g/mol. The van der Waals surface area contributed by atoms with Crippen molar-refractivity contribution < 1.29 is 4.43 Å². The van der Waals surface area contributed by atoms with Crippen LogP contribution in [0.25, 0.3) is 0 Å². The van der Waals surface area contributed by atoms with Crippen molar-refractivity contribution >= 4 is 8.32 Å². The highest BCUT2D eigenvalue weighted by Gasteiger charge is 2.38. The van der Waals surface area contributed by atoms with Gasteiger partial charge in [-0.15, -0.1) is 0 Å². The minimum atomic E-state index is -1.82. The van der Waals surface area contributed by atoms with E-state index >= 15 is 0 Å². The maximum absolute atomic E-state index is 6.72. The molecule has 3 aromatic carbocycles. The van der Waals surface area contributed by atoms with Crippen molar-refractivity contribution in [2.24, 2.45) is 5.92 Å². The molecule has 0 amide bonds. The molecule has 0 fully saturated rings. The normalized spacial score (nSPS) is 14.3. The Kier molecular flexibility index (Phi) is 8.69.